The van der Waals surface area contributed by atoms with Crippen LogP contribution in [0.5, 0.6) is 0 Å². The van der Waals surface area contributed by atoms with Gasteiger partial charge in [0.15, 0.2) is 0 Å². The van der Waals surface area contributed by atoms with Gasteiger partial charge in [-0.25, -0.2) is 15.0 Å². The van der Waals surface area contributed by atoms with Gasteiger partial charge in [-0.05, 0) is 31.5 Å². The normalized spacial score (nSPS) is 16.7. The van der Waals surface area contributed by atoms with Gasteiger partial charge in [0, 0.05) is 19.3 Å². The molecule has 0 aliphatic carbocycles. The van der Waals surface area contributed by atoms with Crippen molar-refractivity contribution in [1.82, 2.24) is 24.8 Å². The van der Waals surface area contributed by atoms with Crippen LogP contribution in [0.25, 0.3) is 11.0 Å². The van der Waals surface area contributed by atoms with Crippen molar-refractivity contribution < 1.29 is 4.79 Å². The van der Waals surface area contributed by atoms with Crippen LogP contribution < -0.4 is 10.6 Å². The van der Waals surface area contributed by atoms with Crippen molar-refractivity contribution in [3.63, 3.8) is 0 Å². The number of hydrogen-bond donors (Lipinski definition) is 2. The van der Waals surface area contributed by atoms with E-state index in [-0.39, 0.29) is 11.9 Å². The van der Waals surface area contributed by atoms with E-state index >= 15 is 0 Å². The number of hydrogen-bond acceptors (Lipinski definition) is 6. The van der Waals surface area contributed by atoms with E-state index in [0.717, 1.165) is 16.6 Å². The van der Waals surface area contributed by atoms with Crippen LogP contribution >= 0.6 is 0 Å². The van der Waals surface area contributed by atoms with Crippen LogP contribution in [0.4, 0.5) is 5.95 Å². The van der Waals surface area contributed by atoms with E-state index in [2.05, 4.69) is 26.7 Å². The van der Waals surface area contributed by atoms with Gasteiger partial charge < -0.3 is 4.57 Å². The first-order valence-corrected chi connectivity index (χ1v) is 9.51. The Labute approximate surface area is 168 Å². The summed E-state index contributed by atoms with van der Waals surface area (Å²) in [6, 6.07) is 9.74. The van der Waals surface area contributed by atoms with Crippen LogP contribution in [0.1, 0.15) is 29.9 Å². The Morgan fingerprint density at radius 1 is 1.41 bits per heavy atom. The van der Waals surface area contributed by atoms with Gasteiger partial charge in [-0.2, -0.15) is 5.26 Å². The van der Waals surface area contributed by atoms with Crippen LogP contribution in [0.2, 0.25) is 0 Å². The van der Waals surface area contributed by atoms with Crippen molar-refractivity contribution in [1.29, 1.82) is 5.26 Å². The quantitative estimate of drug-likeness (QED) is 0.650. The summed E-state index contributed by atoms with van der Waals surface area (Å²) in [5.41, 5.74) is 3.12. The number of imidazole rings is 1. The molecule has 0 saturated heterocycles. The number of carbonyl (C=O) groups is 1. The van der Waals surface area contributed by atoms with Crippen LogP contribution in [0.15, 0.2) is 42.6 Å². The number of rotatable bonds is 5. The number of benzene rings is 1. The maximum absolute atomic E-state index is 12.4. The highest BCUT2D eigenvalue weighted by Crippen LogP contribution is 2.28. The fraction of sp³-hybridized carbons (Fsp3) is 0.286. The van der Waals surface area contributed by atoms with Gasteiger partial charge in [-0.1, -0.05) is 24.3 Å². The summed E-state index contributed by atoms with van der Waals surface area (Å²) >= 11 is 0. The number of carbonyl (C=O) groups excluding carboxylic acids is 1. The van der Waals surface area contributed by atoms with E-state index < -0.39 is 12.0 Å². The lowest BCUT2D eigenvalue weighted by atomic mass is 10.0. The molecular formula is C21H21N7O. The number of nitrogens with zero attached hydrogens (tertiary/aromatic N) is 5. The molecule has 146 valence electrons. The van der Waals surface area contributed by atoms with Crippen molar-refractivity contribution in [2.24, 2.45) is 0 Å². The SMILES string of the molecule is CCn1c(C(C#N)c2nc(NC(=O)C3C=CCN3)ncc2C)nc2ccccc21. The molecule has 1 aliphatic rings. The standard InChI is InChI=1S/C21H21N7O/c1-3-28-17-9-5-4-7-15(17)25-19(28)14(11-22)18-13(2)12-24-21(26-18)27-20(29)16-8-6-10-23-16/h4-9,12,14,16,23H,3,10H2,1-2H3,(H,24,26,27,29). The summed E-state index contributed by atoms with van der Waals surface area (Å²) in [4.78, 5) is 25.8. The third kappa shape index (κ3) is 3.48. The molecule has 2 atom stereocenters. The molecule has 0 spiro atoms. The van der Waals surface area contributed by atoms with E-state index in [4.69, 9.17) is 4.98 Å². The number of amides is 1. The molecule has 3 heterocycles. The van der Waals surface area contributed by atoms with Crippen molar-refractivity contribution in [2.45, 2.75) is 32.4 Å². The molecule has 3 aromatic rings. The van der Waals surface area contributed by atoms with Crippen molar-refractivity contribution in [3.05, 3.63) is 59.7 Å². The Morgan fingerprint density at radius 3 is 2.97 bits per heavy atom. The molecule has 1 aromatic carbocycles. The highest BCUT2D eigenvalue weighted by atomic mass is 16.2. The zero-order valence-electron chi connectivity index (χ0n) is 16.3. The van der Waals surface area contributed by atoms with E-state index in [0.29, 0.717) is 24.6 Å². The largest absolute Gasteiger partial charge is 0.327 e. The summed E-state index contributed by atoms with van der Waals surface area (Å²) in [5.74, 6) is -0.0962. The molecule has 4 rings (SSSR count). The highest BCUT2D eigenvalue weighted by molar-refractivity contribution is 5.95. The van der Waals surface area contributed by atoms with Crippen LogP contribution in [0, 0.1) is 18.3 Å². The van der Waals surface area contributed by atoms with Crippen molar-refractivity contribution in [3.8, 4) is 6.07 Å². The van der Waals surface area contributed by atoms with Gasteiger partial charge in [-0.15, -0.1) is 0 Å². The predicted octanol–water partition coefficient (Wildman–Crippen LogP) is 2.28. The van der Waals surface area contributed by atoms with Gasteiger partial charge in [0.05, 0.1) is 22.8 Å². The molecule has 0 radical (unpaired) electrons. The monoisotopic (exact) mass is 387 g/mol. The Morgan fingerprint density at radius 2 is 2.24 bits per heavy atom. The van der Waals surface area contributed by atoms with Gasteiger partial charge in [0.1, 0.15) is 17.8 Å². The minimum Gasteiger partial charge on any atom is -0.327 e. The number of anilines is 1. The molecular weight excluding hydrogens is 366 g/mol. The van der Waals surface area contributed by atoms with E-state index in [1.54, 1.807) is 12.3 Å². The Hall–Kier alpha value is -3.57. The molecule has 0 bridgehead atoms. The van der Waals surface area contributed by atoms with E-state index in [1.165, 1.54) is 0 Å². The number of aryl methyl sites for hydroxylation is 2. The van der Waals surface area contributed by atoms with Gasteiger partial charge in [0.25, 0.3) is 0 Å². The molecule has 2 N–H and O–H groups in total. The average molecular weight is 387 g/mol. The third-order valence-corrected chi connectivity index (χ3v) is 4.97. The zero-order chi connectivity index (χ0) is 20.4. The number of nitrogens with one attached hydrogen (secondary N) is 2. The molecule has 1 amide bonds. The van der Waals surface area contributed by atoms with Crippen LogP contribution in [0.3, 0.4) is 0 Å². The van der Waals surface area contributed by atoms with E-state index in [9.17, 15) is 10.1 Å². The number of nitriles is 1. The first-order valence-electron chi connectivity index (χ1n) is 9.51. The molecule has 29 heavy (non-hydrogen) atoms. The molecule has 8 heteroatoms. The Balaban J connectivity index is 1.72. The van der Waals surface area contributed by atoms with Crippen molar-refractivity contribution in [2.75, 3.05) is 11.9 Å². The van der Waals surface area contributed by atoms with Crippen LogP contribution in [-0.4, -0.2) is 38.0 Å². The summed E-state index contributed by atoms with van der Waals surface area (Å²) in [6.45, 7) is 5.21. The van der Waals surface area contributed by atoms with E-state index in [1.807, 2.05) is 48.8 Å². The summed E-state index contributed by atoms with van der Waals surface area (Å²) in [5, 5.41) is 15.8. The average Bonchev–Trinajstić information content (AvgIpc) is 3.38. The molecule has 2 unspecified atom stereocenters. The number of fused-ring (bicyclic) bond motifs is 1. The molecule has 1 aliphatic heterocycles. The Bertz CT molecular complexity index is 1140. The maximum Gasteiger partial charge on any atom is 0.247 e. The summed E-state index contributed by atoms with van der Waals surface area (Å²) < 4.78 is 2.02. The number of aromatic nitrogens is 4. The fourth-order valence-electron chi connectivity index (χ4n) is 3.53. The van der Waals surface area contributed by atoms with Crippen LogP contribution in [-0.2, 0) is 11.3 Å². The molecule has 0 fully saturated rings. The number of para-hydroxylation sites is 2. The fourth-order valence-corrected chi connectivity index (χ4v) is 3.53. The highest BCUT2D eigenvalue weighted by Gasteiger charge is 2.26. The summed E-state index contributed by atoms with van der Waals surface area (Å²) in [6.07, 6.45) is 5.32. The second-order valence-corrected chi connectivity index (χ2v) is 6.83. The lowest BCUT2D eigenvalue weighted by Gasteiger charge is -2.15. The smallest absolute Gasteiger partial charge is 0.247 e. The minimum atomic E-state index is -0.675. The van der Waals surface area contributed by atoms with Gasteiger partial charge in [0.2, 0.25) is 11.9 Å². The second-order valence-electron chi connectivity index (χ2n) is 6.83. The van der Waals surface area contributed by atoms with Gasteiger partial charge >= 0.3 is 0 Å². The molecule has 2 aromatic heterocycles. The predicted molar refractivity (Wildman–Crippen MR) is 109 cm³/mol. The van der Waals surface area contributed by atoms with Gasteiger partial charge in [-0.3, -0.25) is 15.4 Å². The lowest BCUT2D eigenvalue weighted by molar-refractivity contribution is -0.117. The first-order chi connectivity index (χ1) is 14.1. The lowest BCUT2D eigenvalue weighted by Crippen LogP contribution is -2.36. The molecule has 8 nitrogen and oxygen atoms in total. The topological polar surface area (TPSA) is 109 Å². The minimum absolute atomic E-state index is 0.178. The second kappa shape index (κ2) is 7.81. The molecule has 0 saturated carbocycles. The first kappa shape index (κ1) is 18.8. The third-order valence-electron chi connectivity index (χ3n) is 4.97. The Kier molecular flexibility index (Phi) is 5.06. The maximum atomic E-state index is 12.4. The summed E-state index contributed by atoms with van der Waals surface area (Å²) in [7, 11) is 0. The van der Waals surface area contributed by atoms with Crippen molar-refractivity contribution >= 4 is 22.9 Å². The zero-order valence-corrected chi connectivity index (χ0v) is 16.3.